The maximum atomic E-state index is 11.9. The fraction of sp³-hybridized carbons (Fsp3) is 0.286. The van der Waals surface area contributed by atoms with Crippen LogP contribution in [0.15, 0.2) is 41.0 Å². The highest BCUT2D eigenvalue weighted by molar-refractivity contribution is 6.13. The fourth-order valence-corrected chi connectivity index (χ4v) is 2.09. The molecular weight excluding hydrogens is 242 g/mol. The van der Waals surface area contributed by atoms with Crippen LogP contribution in [-0.4, -0.2) is 43.1 Å². The molecule has 3 rings (SSSR count). The largest absolute Gasteiger partial charge is 0.378 e. The number of carbonyl (C=O) groups is 1. The van der Waals surface area contributed by atoms with Crippen LogP contribution >= 0.6 is 0 Å². The van der Waals surface area contributed by atoms with Gasteiger partial charge in [-0.15, -0.1) is 0 Å². The Morgan fingerprint density at radius 3 is 2.68 bits per heavy atom. The second kappa shape index (κ2) is 5.24. The van der Waals surface area contributed by atoms with E-state index in [1.807, 2.05) is 35.2 Å². The first-order valence-corrected chi connectivity index (χ1v) is 6.32. The SMILES string of the molecule is O=C1NC(N2CCOCC2)=N/C1=C/c1ccccc1. The lowest BCUT2D eigenvalue weighted by Gasteiger charge is -2.27. The Bertz CT molecular complexity index is 531. The minimum Gasteiger partial charge on any atom is -0.378 e. The van der Waals surface area contributed by atoms with Gasteiger partial charge in [-0.05, 0) is 11.6 Å². The molecule has 98 valence electrons. The Morgan fingerprint density at radius 2 is 1.95 bits per heavy atom. The monoisotopic (exact) mass is 257 g/mol. The molecule has 1 amide bonds. The van der Waals surface area contributed by atoms with Gasteiger partial charge in [0.1, 0.15) is 5.70 Å². The smallest absolute Gasteiger partial charge is 0.276 e. The Hall–Kier alpha value is -2.14. The number of nitrogens with one attached hydrogen (secondary N) is 1. The molecule has 2 aliphatic rings. The number of aliphatic imine (C=N–C) groups is 1. The number of hydrogen-bond acceptors (Lipinski definition) is 4. The molecule has 0 aromatic heterocycles. The van der Waals surface area contributed by atoms with E-state index in [9.17, 15) is 4.79 Å². The summed E-state index contributed by atoms with van der Waals surface area (Å²) in [5, 5.41) is 2.81. The molecule has 0 spiro atoms. The minimum atomic E-state index is -0.148. The number of benzene rings is 1. The van der Waals surface area contributed by atoms with Gasteiger partial charge >= 0.3 is 0 Å². The van der Waals surface area contributed by atoms with Crippen LogP contribution in [0.2, 0.25) is 0 Å². The van der Waals surface area contributed by atoms with Crippen LogP contribution in [0.3, 0.4) is 0 Å². The zero-order chi connectivity index (χ0) is 13.1. The Labute approximate surface area is 111 Å². The average molecular weight is 257 g/mol. The van der Waals surface area contributed by atoms with Crippen LogP contribution in [0, 0.1) is 0 Å². The van der Waals surface area contributed by atoms with Crippen molar-refractivity contribution in [2.24, 2.45) is 4.99 Å². The summed E-state index contributed by atoms with van der Waals surface area (Å²) in [6, 6.07) is 9.71. The summed E-state index contributed by atoms with van der Waals surface area (Å²) in [6.07, 6.45) is 1.79. The summed E-state index contributed by atoms with van der Waals surface area (Å²) in [5.41, 5.74) is 1.42. The molecule has 0 unspecified atom stereocenters. The van der Waals surface area contributed by atoms with E-state index in [1.165, 1.54) is 0 Å². The standard InChI is InChI=1S/C14H15N3O2/c18-13-12(10-11-4-2-1-3-5-11)15-14(16-13)17-6-8-19-9-7-17/h1-5,10H,6-9H2,(H,15,16,18)/b12-10+. The summed E-state index contributed by atoms with van der Waals surface area (Å²) in [5.74, 6) is 0.487. The van der Waals surface area contributed by atoms with Crippen LogP contribution in [0.5, 0.6) is 0 Å². The minimum absolute atomic E-state index is 0.148. The zero-order valence-electron chi connectivity index (χ0n) is 10.5. The van der Waals surface area contributed by atoms with Gasteiger partial charge in [0, 0.05) is 13.1 Å². The quantitative estimate of drug-likeness (QED) is 0.759. The third-order valence-corrected chi connectivity index (χ3v) is 3.10. The van der Waals surface area contributed by atoms with Gasteiger partial charge in [-0.25, -0.2) is 4.99 Å². The second-order valence-corrected chi connectivity index (χ2v) is 4.43. The van der Waals surface area contributed by atoms with E-state index in [0.29, 0.717) is 24.9 Å². The van der Waals surface area contributed by atoms with Crippen LogP contribution in [-0.2, 0) is 9.53 Å². The van der Waals surface area contributed by atoms with Gasteiger partial charge < -0.3 is 9.64 Å². The Morgan fingerprint density at radius 1 is 1.21 bits per heavy atom. The molecule has 2 aliphatic heterocycles. The molecular formula is C14H15N3O2. The van der Waals surface area contributed by atoms with Gasteiger partial charge in [0.2, 0.25) is 5.96 Å². The van der Waals surface area contributed by atoms with E-state index in [2.05, 4.69) is 10.3 Å². The highest BCUT2D eigenvalue weighted by atomic mass is 16.5. The molecule has 1 aromatic rings. The first-order chi connectivity index (χ1) is 9.33. The molecule has 19 heavy (non-hydrogen) atoms. The highest BCUT2D eigenvalue weighted by Crippen LogP contribution is 2.13. The maximum absolute atomic E-state index is 11.9. The van der Waals surface area contributed by atoms with Crippen molar-refractivity contribution in [3.63, 3.8) is 0 Å². The number of amides is 1. The number of rotatable bonds is 1. The average Bonchev–Trinajstić information content (AvgIpc) is 2.82. The van der Waals surface area contributed by atoms with Gasteiger partial charge in [-0.1, -0.05) is 30.3 Å². The maximum Gasteiger partial charge on any atom is 0.276 e. The van der Waals surface area contributed by atoms with Crippen molar-refractivity contribution >= 4 is 17.9 Å². The Kier molecular flexibility index (Phi) is 3.29. The zero-order valence-corrected chi connectivity index (χ0v) is 10.5. The van der Waals surface area contributed by atoms with Crippen molar-refractivity contribution < 1.29 is 9.53 Å². The van der Waals surface area contributed by atoms with Crippen molar-refractivity contribution in [1.29, 1.82) is 0 Å². The third-order valence-electron chi connectivity index (χ3n) is 3.10. The molecule has 5 heteroatoms. The lowest BCUT2D eigenvalue weighted by atomic mass is 10.2. The van der Waals surface area contributed by atoms with Gasteiger partial charge in [-0.2, -0.15) is 0 Å². The summed E-state index contributed by atoms with van der Waals surface area (Å²) < 4.78 is 5.28. The molecule has 0 atom stereocenters. The van der Waals surface area contributed by atoms with E-state index in [0.717, 1.165) is 18.7 Å². The molecule has 5 nitrogen and oxygen atoms in total. The van der Waals surface area contributed by atoms with Crippen LogP contribution in [0.1, 0.15) is 5.56 Å². The van der Waals surface area contributed by atoms with E-state index in [4.69, 9.17) is 4.74 Å². The first kappa shape index (κ1) is 11.9. The summed E-state index contributed by atoms with van der Waals surface area (Å²) in [7, 11) is 0. The number of ether oxygens (including phenoxy) is 1. The molecule has 1 saturated heterocycles. The molecule has 0 aliphatic carbocycles. The van der Waals surface area contributed by atoms with Crippen molar-refractivity contribution in [1.82, 2.24) is 10.2 Å². The van der Waals surface area contributed by atoms with Crippen molar-refractivity contribution in [3.05, 3.63) is 41.6 Å². The van der Waals surface area contributed by atoms with E-state index >= 15 is 0 Å². The third kappa shape index (κ3) is 2.66. The number of carbonyl (C=O) groups excluding carboxylic acids is 1. The molecule has 0 bridgehead atoms. The Balaban J connectivity index is 1.81. The topological polar surface area (TPSA) is 53.9 Å². The molecule has 0 radical (unpaired) electrons. The van der Waals surface area contributed by atoms with Crippen LogP contribution in [0.25, 0.3) is 6.08 Å². The van der Waals surface area contributed by atoms with Crippen LogP contribution < -0.4 is 5.32 Å². The van der Waals surface area contributed by atoms with E-state index < -0.39 is 0 Å². The predicted molar refractivity (Wildman–Crippen MR) is 72.4 cm³/mol. The van der Waals surface area contributed by atoms with Crippen molar-refractivity contribution in [2.45, 2.75) is 0 Å². The van der Waals surface area contributed by atoms with E-state index in [1.54, 1.807) is 6.08 Å². The van der Waals surface area contributed by atoms with Gasteiger partial charge in [0.15, 0.2) is 0 Å². The summed E-state index contributed by atoms with van der Waals surface area (Å²) >= 11 is 0. The van der Waals surface area contributed by atoms with Gasteiger partial charge in [0.05, 0.1) is 13.2 Å². The molecule has 1 fully saturated rings. The fourth-order valence-electron chi connectivity index (χ4n) is 2.09. The molecule has 2 heterocycles. The number of guanidine groups is 1. The molecule has 1 N–H and O–H groups in total. The number of morpholine rings is 1. The predicted octanol–water partition coefficient (Wildman–Crippen LogP) is 0.845. The lowest BCUT2D eigenvalue weighted by molar-refractivity contribution is -0.115. The van der Waals surface area contributed by atoms with E-state index in [-0.39, 0.29) is 5.91 Å². The van der Waals surface area contributed by atoms with Gasteiger partial charge in [0.25, 0.3) is 5.91 Å². The number of hydrogen-bond donors (Lipinski definition) is 1. The van der Waals surface area contributed by atoms with Gasteiger partial charge in [-0.3, -0.25) is 10.1 Å². The van der Waals surface area contributed by atoms with Crippen molar-refractivity contribution in [3.8, 4) is 0 Å². The van der Waals surface area contributed by atoms with Crippen LogP contribution in [0.4, 0.5) is 0 Å². The first-order valence-electron chi connectivity index (χ1n) is 6.32. The second-order valence-electron chi connectivity index (χ2n) is 4.43. The summed E-state index contributed by atoms with van der Waals surface area (Å²) in [4.78, 5) is 18.3. The lowest BCUT2D eigenvalue weighted by Crippen LogP contribution is -2.46. The molecule has 1 aromatic carbocycles. The highest BCUT2D eigenvalue weighted by Gasteiger charge is 2.25. The van der Waals surface area contributed by atoms with Crippen molar-refractivity contribution in [2.75, 3.05) is 26.3 Å². The molecule has 0 saturated carbocycles. The number of nitrogens with zero attached hydrogens (tertiary/aromatic N) is 2. The summed E-state index contributed by atoms with van der Waals surface area (Å²) in [6.45, 7) is 2.87. The normalized spacial score (nSPS) is 21.5.